The summed E-state index contributed by atoms with van der Waals surface area (Å²) < 4.78 is 11.3. The van der Waals surface area contributed by atoms with Crippen molar-refractivity contribution in [3.8, 4) is 5.75 Å². The monoisotopic (exact) mass is 252 g/mol. The molecule has 1 atom stereocenters. The molecule has 1 saturated heterocycles. The summed E-state index contributed by atoms with van der Waals surface area (Å²) in [5, 5.41) is 0.614. The second-order valence-electron chi connectivity index (χ2n) is 4.55. The largest absolute Gasteiger partial charge is 0.465 e. The van der Waals surface area contributed by atoms with Gasteiger partial charge in [0.15, 0.2) is 6.29 Å². The summed E-state index contributed by atoms with van der Waals surface area (Å²) in [4.78, 5) is 1.29. The molecule has 17 heavy (non-hydrogen) atoms. The molecule has 1 unspecified atom stereocenters. The van der Waals surface area contributed by atoms with Crippen molar-refractivity contribution in [2.75, 3.05) is 6.61 Å². The van der Waals surface area contributed by atoms with Crippen molar-refractivity contribution in [3.63, 3.8) is 0 Å². The van der Waals surface area contributed by atoms with Crippen LogP contribution in [0.25, 0.3) is 0 Å². The molecule has 1 heterocycles. The molecule has 1 aromatic rings. The summed E-state index contributed by atoms with van der Waals surface area (Å²) in [5.41, 5.74) is 0. The van der Waals surface area contributed by atoms with E-state index in [0.29, 0.717) is 5.25 Å². The molecule has 0 aromatic heterocycles. The van der Waals surface area contributed by atoms with Crippen molar-refractivity contribution in [1.29, 1.82) is 0 Å². The van der Waals surface area contributed by atoms with Crippen molar-refractivity contribution < 1.29 is 9.47 Å². The zero-order chi connectivity index (χ0) is 12.1. The fourth-order valence-corrected chi connectivity index (χ4v) is 2.66. The lowest BCUT2D eigenvalue weighted by Crippen LogP contribution is -2.24. The average molecular weight is 252 g/mol. The number of rotatable bonds is 4. The van der Waals surface area contributed by atoms with Crippen molar-refractivity contribution in [1.82, 2.24) is 0 Å². The van der Waals surface area contributed by atoms with Crippen molar-refractivity contribution in [2.24, 2.45) is 0 Å². The van der Waals surface area contributed by atoms with E-state index in [4.69, 9.17) is 9.47 Å². The molecule has 2 rings (SSSR count). The molecule has 1 aliphatic rings. The van der Waals surface area contributed by atoms with E-state index in [-0.39, 0.29) is 6.29 Å². The van der Waals surface area contributed by atoms with Crippen molar-refractivity contribution >= 4 is 11.8 Å². The van der Waals surface area contributed by atoms with Gasteiger partial charge < -0.3 is 9.47 Å². The number of ether oxygens (including phenoxy) is 2. The Morgan fingerprint density at radius 3 is 2.59 bits per heavy atom. The lowest BCUT2D eigenvalue weighted by Gasteiger charge is -2.23. The van der Waals surface area contributed by atoms with Gasteiger partial charge in [0.25, 0.3) is 0 Å². The van der Waals surface area contributed by atoms with Crippen LogP contribution < -0.4 is 4.74 Å². The quantitative estimate of drug-likeness (QED) is 0.752. The van der Waals surface area contributed by atoms with Gasteiger partial charge in [-0.15, -0.1) is 11.8 Å². The number of thioether (sulfide) groups is 1. The average Bonchev–Trinajstić information content (AvgIpc) is 2.32. The molecule has 1 fully saturated rings. The predicted octanol–water partition coefficient (Wildman–Crippen LogP) is 4.09. The van der Waals surface area contributed by atoms with E-state index in [9.17, 15) is 0 Å². The third kappa shape index (κ3) is 4.25. The Morgan fingerprint density at radius 1 is 1.24 bits per heavy atom. The van der Waals surface area contributed by atoms with Crippen LogP contribution in [0.5, 0.6) is 5.75 Å². The maximum Gasteiger partial charge on any atom is 0.199 e. The summed E-state index contributed by atoms with van der Waals surface area (Å²) in [6.07, 6.45) is 3.31. The molecule has 0 saturated carbocycles. The second kappa shape index (κ2) is 6.31. The van der Waals surface area contributed by atoms with Crippen LogP contribution in [0.1, 0.15) is 33.1 Å². The smallest absolute Gasteiger partial charge is 0.199 e. The first-order valence-corrected chi connectivity index (χ1v) is 7.17. The van der Waals surface area contributed by atoms with E-state index in [0.717, 1.165) is 25.2 Å². The lowest BCUT2D eigenvalue weighted by molar-refractivity contribution is -0.105. The fraction of sp³-hybridized carbons (Fsp3) is 0.571. The molecule has 0 aliphatic carbocycles. The summed E-state index contributed by atoms with van der Waals surface area (Å²) in [6.45, 7) is 5.22. The van der Waals surface area contributed by atoms with Gasteiger partial charge in [-0.1, -0.05) is 13.8 Å². The van der Waals surface area contributed by atoms with Gasteiger partial charge in [0.2, 0.25) is 0 Å². The van der Waals surface area contributed by atoms with Gasteiger partial charge in [0.05, 0.1) is 6.61 Å². The molecule has 3 heteroatoms. The van der Waals surface area contributed by atoms with Crippen LogP contribution in [-0.2, 0) is 4.74 Å². The Kier molecular flexibility index (Phi) is 4.75. The lowest BCUT2D eigenvalue weighted by atomic mass is 10.2. The first-order chi connectivity index (χ1) is 8.24. The summed E-state index contributed by atoms with van der Waals surface area (Å²) in [7, 11) is 0. The summed E-state index contributed by atoms with van der Waals surface area (Å²) in [5.74, 6) is 0.907. The number of hydrogen-bond donors (Lipinski definition) is 0. The highest BCUT2D eigenvalue weighted by atomic mass is 32.2. The fourth-order valence-electron chi connectivity index (χ4n) is 1.82. The SMILES string of the molecule is CC(C)Sc1ccc(OC2CCCCO2)cc1. The Morgan fingerprint density at radius 2 is 2.00 bits per heavy atom. The van der Waals surface area contributed by atoms with Gasteiger partial charge in [-0.3, -0.25) is 0 Å². The van der Waals surface area contributed by atoms with E-state index >= 15 is 0 Å². The number of benzene rings is 1. The Bertz CT molecular complexity index is 329. The van der Waals surface area contributed by atoms with Crippen LogP contribution in [0.15, 0.2) is 29.2 Å². The zero-order valence-corrected chi connectivity index (χ0v) is 11.3. The molecule has 2 nitrogen and oxygen atoms in total. The standard InChI is InChI=1S/C14H20O2S/c1-11(2)17-13-8-6-12(7-9-13)16-14-5-3-4-10-15-14/h6-9,11,14H,3-5,10H2,1-2H3. The molecular formula is C14H20O2S. The Labute approximate surface area is 108 Å². The van der Waals surface area contributed by atoms with Crippen LogP contribution in [0.2, 0.25) is 0 Å². The molecule has 1 aliphatic heterocycles. The number of hydrogen-bond acceptors (Lipinski definition) is 3. The minimum Gasteiger partial charge on any atom is -0.465 e. The van der Waals surface area contributed by atoms with Gasteiger partial charge in [0, 0.05) is 16.6 Å². The van der Waals surface area contributed by atoms with E-state index in [1.165, 1.54) is 11.3 Å². The Hall–Kier alpha value is -0.670. The molecule has 1 aromatic carbocycles. The molecule has 0 amide bonds. The van der Waals surface area contributed by atoms with E-state index < -0.39 is 0 Å². The van der Waals surface area contributed by atoms with Crippen LogP contribution in [0.4, 0.5) is 0 Å². The summed E-state index contributed by atoms with van der Waals surface area (Å²) in [6, 6.07) is 8.29. The second-order valence-corrected chi connectivity index (χ2v) is 6.20. The molecule has 0 bridgehead atoms. The maximum absolute atomic E-state index is 5.78. The normalized spacial score (nSPS) is 20.5. The van der Waals surface area contributed by atoms with E-state index in [1.807, 2.05) is 23.9 Å². The summed E-state index contributed by atoms with van der Waals surface area (Å²) >= 11 is 1.87. The van der Waals surface area contributed by atoms with E-state index in [1.54, 1.807) is 0 Å². The maximum atomic E-state index is 5.78. The van der Waals surface area contributed by atoms with Gasteiger partial charge in [-0.05, 0) is 37.1 Å². The van der Waals surface area contributed by atoms with Gasteiger partial charge in [-0.25, -0.2) is 0 Å². The van der Waals surface area contributed by atoms with Gasteiger partial charge in [-0.2, -0.15) is 0 Å². The van der Waals surface area contributed by atoms with Crippen LogP contribution in [0.3, 0.4) is 0 Å². The highest BCUT2D eigenvalue weighted by Gasteiger charge is 2.14. The predicted molar refractivity (Wildman–Crippen MR) is 71.7 cm³/mol. The zero-order valence-electron chi connectivity index (χ0n) is 10.5. The molecule has 0 radical (unpaired) electrons. The highest BCUT2D eigenvalue weighted by Crippen LogP contribution is 2.26. The molecule has 94 valence electrons. The first kappa shape index (κ1) is 12.8. The van der Waals surface area contributed by atoms with Crippen LogP contribution >= 0.6 is 11.8 Å². The third-order valence-electron chi connectivity index (χ3n) is 2.60. The molecular weight excluding hydrogens is 232 g/mol. The topological polar surface area (TPSA) is 18.5 Å². The minimum atomic E-state index is -0.0487. The van der Waals surface area contributed by atoms with Crippen molar-refractivity contribution in [2.45, 2.75) is 49.5 Å². The van der Waals surface area contributed by atoms with Gasteiger partial charge in [0.1, 0.15) is 5.75 Å². The van der Waals surface area contributed by atoms with Gasteiger partial charge >= 0.3 is 0 Å². The highest BCUT2D eigenvalue weighted by molar-refractivity contribution is 7.99. The Balaban J connectivity index is 1.88. The van der Waals surface area contributed by atoms with E-state index in [2.05, 4.69) is 26.0 Å². The van der Waals surface area contributed by atoms with Crippen LogP contribution in [-0.4, -0.2) is 18.1 Å². The molecule has 0 N–H and O–H groups in total. The third-order valence-corrected chi connectivity index (χ3v) is 3.62. The first-order valence-electron chi connectivity index (χ1n) is 6.29. The molecule has 0 spiro atoms. The minimum absolute atomic E-state index is 0.0487. The van der Waals surface area contributed by atoms with Crippen LogP contribution in [0, 0.1) is 0 Å². The van der Waals surface area contributed by atoms with Crippen molar-refractivity contribution in [3.05, 3.63) is 24.3 Å².